The van der Waals surface area contributed by atoms with Crippen LogP contribution in [-0.2, 0) is 13.1 Å². The first kappa shape index (κ1) is 17.2. The lowest BCUT2D eigenvalue weighted by molar-refractivity contribution is -1.02. The number of hydrogen-bond donors (Lipinski definition) is 2. The minimum absolute atomic E-state index is 0.346. The lowest BCUT2D eigenvalue weighted by atomic mass is 10.1. The molecule has 2 aromatic carbocycles. The molecule has 2 N–H and O–H groups in total. The molecule has 2 heterocycles. The Morgan fingerprint density at radius 1 is 0.808 bits per heavy atom. The van der Waals surface area contributed by atoms with Crippen molar-refractivity contribution in [2.45, 2.75) is 20.0 Å². The molecule has 138 valence electrons. The molecule has 4 rings (SSSR count). The summed E-state index contributed by atoms with van der Waals surface area (Å²) in [4.78, 5) is 3.32. The molecule has 5 nitrogen and oxygen atoms in total. The van der Waals surface area contributed by atoms with Crippen LogP contribution in [0.5, 0.6) is 17.2 Å². The number of nitrogens with one attached hydrogen (secondary N) is 2. The summed E-state index contributed by atoms with van der Waals surface area (Å²) in [5.74, 6) is 2.72. The van der Waals surface area contributed by atoms with Crippen molar-refractivity contribution >= 4 is 0 Å². The van der Waals surface area contributed by atoms with Gasteiger partial charge in [0, 0.05) is 11.1 Å². The van der Waals surface area contributed by atoms with Crippen LogP contribution in [0.1, 0.15) is 18.1 Å². The van der Waals surface area contributed by atoms with Crippen LogP contribution < -0.4 is 24.0 Å². The third kappa shape index (κ3) is 4.11. The van der Waals surface area contributed by atoms with Crippen molar-refractivity contribution in [2.75, 3.05) is 39.6 Å². The number of fused-ring (bicyclic) bond motifs is 1. The molecule has 2 aliphatic rings. The van der Waals surface area contributed by atoms with Gasteiger partial charge < -0.3 is 24.0 Å². The summed E-state index contributed by atoms with van der Waals surface area (Å²) in [6.45, 7) is 10.1. The van der Waals surface area contributed by atoms with E-state index in [1.54, 1.807) is 9.80 Å². The van der Waals surface area contributed by atoms with Crippen molar-refractivity contribution < 1.29 is 24.0 Å². The highest BCUT2D eigenvalue weighted by Gasteiger charge is 2.24. The van der Waals surface area contributed by atoms with Gasteiger partial charge in [0.05, 0.1) is 6.61 Å². The van der Waals surface area contributed by atoms with Crippen LogP contribution in [-0.4, -0.2) is 39.6 Å². The van der Waals surface area contributed by atoms with E-state index >= 15 is 0 Å². The van der Waals surface area contributed by atoms with Gasteiger partial charge in [0.25, 0.3) is 0 Å². The summed E-state index contributed by atoms with van der Waals surface area (Å²) in [5, 5.41) is 0. The maximum atomic E-state index is 5.52. The van der Waals surface area contributed by atoms with E-state index in [0.717, 1.165) is 36.9 Å². The molecule has 26 heavy (non-hydrogen) atoms. The van der Waals surface area contributed by atoms with Crippen molar-refractivity contribution in [3.05, 3.63) is 53.6 Å². The first-order chi connectivity index (χ1) is 12.8. The summed E-state index contributed by atoms with van der Waals surface area (Å²) in [5.41, 5.74) is 2.72. The molecule has 2 aromatic rings. The Labute approximate surface area is 155 Å². The summed E-state index contributed by atoms with van der Waals surface area (Å²) >= 11 is 0. The predicted molar refractivity (Wildman–Crippen MR) is 99.0 cm³/mol. The van der Waals surface area contributed by atoms with Crippen molar-refractivity contribution in [3.63, 3.8) is 0 Å². The zero-order valence-electron chi connectivity index (χ0n) is 15.4. The van der Waals surface area contributed by atoms with Gasteiger partial charge >= 0.3 is 0 Å². The summed E-state index contributed by atoms with van der Waals surface area (Å²) in [6.07, 6.45) is 0. The molecule has 0 amide bonds. The average Bonchev–Trinajstić information content (AvgIpc) is 3.13. The summed E-state index contributed by atoms with van der Waals surface area (Å²) < 4.78 is 16.4. The van der Waals surface area contributed by atoms with Gasteiger partial charge in [-0.3, -0.25) is 0 Å². The van der Waals surface area contributed by atoms with Gasteiger partial charge in [0.15, 0.2) is 11.5 Å². The fourth-order valence-electron chi connectivity index (χ4n) is 3.81. The van der Waals surface area contributed by atoms with E-state index in [0.29, 0.717) is 6.79 Å². The van der Waals surface area contributed by atoms with Crippen LogP contribution in [0.3, 0.4) is 0 Å². The van der Waals surface area contributed by atoms with E-state index < -0.39 is 0 Å². The molecule has 0 spiro atoms. The van der Waals surface area contributed by atoms with E-state index in [-0.39, 0.29) is 0 Å². The van der Waals surface area contributed by atoms with Gasteiger partial charge in [0.2, 0.25) is 6.79 Å². The molecule has 0 bridgehead atoms. The summed E-state index contributed by atoms with van der Waals surface area (Å²) in [6, 6.07) is 14.9. The van der Waals surface area contributed by atoms with E-state index in [1.165, 1.54) is 37.3 Å². The minimum Gasteiger partial charge on any atom is -0.494 e. The van der Waals surface area contributed by atoms with E-state index in [9.17, 15) is 0 Å². The number of piperazine rings is 1. The van der Waals surface area contributed by atoms with E-state index in [1.807, 2.05) is 13.0 Å². The Balaban J connectivity index is 1.26. The Bertz CT molecular complexity index is 725. The maximum absolute atomic E-state index is 5.52. The highest BCUT2D eigenvalue weighted by Crippen LogP contribution is 2.32. The fourth-order valence-corrected chi connectivity index (χ4v) is 3.81. The maximum Gasteiger partial charge on any atom is 0.231 e. The molecule has 0 atom stereocenters. The largest absolute Gasteiger partial charge is 0.494 e. The van der Waals surface area contributed by atoms with Crippen molar-refractivity contribution in [1.82, 2.24) is 0 Å². The molecule has 1 fully saturated rings. The lowest BCUT2D eigenvalue weighted by Crippen LogP contribution is -3.27. The topological polar surface area (TPSA) is 36.6 Å². The second-order valence-electron chi connectivity index (χ2n) is 7.12. The smallest absolute Gasteiger partial charge is 0.231 e. The van der Waals surface area contributed by atoms with Gasteiger partial charge in [-0.1, -0.05) is 0 Å². The molecule has 0 aliphatic carbocycles. The zero-order valence-corrected chi connectivity index (χ0v) is 15.4. The number of hydrogen-bond acceptors (Lipinski definition) is 3. The normalized spacial score (nSPS) is 21.6. The van der Waals surface area contributed by atoms with Gasteiger partial charge in [-0.15, -0.1) is 0 Å². The molecule has 0 aromatic heterocycles. The van der Waals surface area contributed by atoms with Crippen LogP contribution in [0.15, 0.2) is 42.5 Å². The zero-order chi connectivity index (χ0) is 17.8. The number of quaternary nitrogens is 2. The molecule has 0 radical (unpaired) electrons. The highest BCUT2D eigenvalue weighted by molar-refractivity contribution is 5.44. The first-order valence-corrected chi connectivity index (χ1v) is 9.57. The SMILES string of the molecule is CCOc1ccc(C[NH+]2CC[NH+](Cc3ccc4c(c3)OCO4)CC2)cc1. The van der Waals surface area contributed by atoms with Crippen molar-refractivity contribution in [2.24, 2.45) is 0 Å². The van der Waals surface area contributed by atoms with Crippen LogP contribution in [0.2, 0.25) is 0 Å². The quantitative estimate of drug-likeness (QED) is 0.782. The van der Waals surface area contributed by atoms with Crippen LogP contribution >= 0.6 is 0 Å². The molecule has 0 saturated carbocycles. The second-order valence-corrected chi connectivity index (χ2v) is 7.12. The Morgan fingerprint density at radius 3 is 2.12 bits per heavy atom. The standard InChI is InChI=1S/C21H26N2O3/c1-2-24-19-6-3-17(4-7-19)14-22-9-11-23(12-10-22)15-18-5-8-20-21(13-18)26-16-25-20/h3-8,13H,2,9-12,14-16H2,1H3/p+2. The average molecular weight is 356 g/mol. The third-order valence-electron chi connectivity index (χ3n) is 5.24. The van der Waals surface area contributed by atoms with Gasteiger partial charge in [-0.05, 0) is 49.4 Å². The molecule has 0 unspecified atom stereocenters. The Morgan fingerprint density at radius 2 is 1.42 bits per heavy atom. The van der Waals surface area contributed by atoms with Crippen LogP contribution in [0, 0.1) is 0 Å². The van der Waals surface area contributed by atoms with Crippen LogP contribution in [0.4, 0.5) is 0 Å². The minimum atomic E-state index is 0.346. The monoisotopic (exact) mass is 356 g/mol. The second kappa shape index (κ2) is 7.98. The fraction of sp³-hybridized carbons (Fsp3) is 0.429. The third-order valence-corrected chi connectivity index (χ3v) is 5.24. The predicted octanol–water partition coefficient (Wildman–Crippen LogP) is 0.298. The van der Waals surface area contributed by atoms with Crippen LogP contribution in [0.25, 0.3) is 0 Å². The Hall–Kier alpha value is -2.24. The van der Waals surface area contributed by atoms with Gasteiger partial charge in [-0.25, -0.2) is 0 Å². The first-order valence-electron chi connectivity index (χ1n) is 9.57. The number of benzene rings is 2. The number of rotatable bonds is 6. The van der Waals surface area contributed by atoms with Crippen molar-refractivity contribution in [3.8, 4) is 17.2 Å². The highest BCUT2D eigenvalue weighted by atomic mass is 16.7. The molecular weight excluding hydrogens is 328 g/mol. The van der Waals surface area contributed by atoms with E-state index in [4.69, 9.17) is 14.2 Å². The lowest BCUT2D eigenvalue weighted by Gasteiger charge is -2.29. The molecular formula is C21H28N2O3+2. The van der Waals surface area contributed by atoms with E-state index in [2.05, 4.69) is 36.4 Å². The number of ether oxygens (including phenoxy) is 3. The Kier molecular flexibility index (Phi) is 5.27. The van der Waals surface area contributed by atoms with Crippen molar-refractivity contribution in [1.29, 1.82) is 0 Å². The molecule has 2 aliphatic heterocycles. The van der Waals surface area contributed by atoms with Gasteiger partial charge in [-0.2, -0.15) is 0 Å². The summed E-state index contributed by atoms with van der Waals surface area (Å²) in [7, 11) is 0. The molecule has 1 saturated heterocycles. The molecule has 5 heteroatoms. The van der Waals surface area contributed by atoms with Gasteiger partial charge in [0.1, 0.15) is 45.0 Å².